The first kappa shape index (κ1) is 28.9. The van der Waals surface area contributed by atoms with Crippen LogP contribution >= 0.6 is 29.2 Å². The minimum absolute atomic E-state index is 0.0566. The van der Waals surface area contributed by atoms with Gasteiger partial charge in [-0.1, -0.05) is 125 Å². The molecule has 0 aromatic rings. The van der Waals surface area contributed by atoms with E-state index < -0.39 is 7.60 Å². The van der Waals surface area contributed by atoms with Crippen molar-refractivity contribution in [1.82, 2.24) is 0 Å². The highest BCUT2D eigenvalue weighted by molar-refractivity contribution is 8.76. The van der Waals surface area contributed by atoms with Crippen molar-refractivity contribution in [2.24, 2.45) is 0 Å². The molecule has 0 saturated carbocycles. The van der Waals surface area contributed by atoms with Crippen molar-refractivity contribution in [1.29, 1.82) is 0 Å². The van der Waals surface area contributed by atoms with Gasteiger partial charge in [-0.05, 0) is 19.3 Å². The van der Waals surface area contributed by atoms with E-state index in [4.69, 9.17) is 9.79 Å². The van der Waals surface area contributed by atoms with Crippen molar-refractivity contribution >= 4 is 29.2 Å². The first-order valence-corrected chi connectivity index (χ1v) is 16.1. The van der Waals surface area contributed by atoms with Crippen molar-refractivity contribution in [3.05, 3.63) is 0 Å². The molecule has 0 amide bonds. The Bertz CT molecular complexity index is 351. The van der Waals surface area contributed by atoms with Crippen LogP contribution in [0.25, 0.3) is 0 Å². The molecule has 0 aliphatic rings. The van der Waals surface area contributed by atoms with Crippen molar-refractivity contribution < 1.29 is 14.4 Å². The standard InChI is InChI=1S/C22H47O3PS2/c1-2-3-4-5-6-7-9-12-15-18-21-27-28-22-19-16-13-10-8-11-14-17-20-26(23,24)25/h2-22H2,1H3,(H2,23,24,25). The van der Waals surface area contributed by atoms with Crippen LogP contribution in [0.1, 0.15) is 122 Å². The fourth-order valence-corrected chi connectivity index (χ4v) is 6.24. The summed E-state index contributed by atoms with van der Waals surface area (Å²) >= 11 is 0. The normalized spacial score (nSPS) is 12.0. The lowest BCUT2D eigenvalue weighted by atomic mass is 10.1. The number of rotatable bonds is 23. The molecule has 6 heteroatoms. The third-order valence-corrected chi connectivity index (χ3v) is 8.57. The Hall–Kier alpha value is 0.850. The van der Waals surface area contributed by atoms with Crippen LogP contribution in [0.4, 0.5) is 0 Å². The van der Waals surface area contributed by atoms with Gasteiger partial charge in [-0.15, -0.1) is 0 Å². The molecule has 0 aliphatic carbocycles. The zero-order valence-electron chi connectivity index (χ0n) is 18.4. The summed E-state index contributed by atoms with van der Waals surface area (Å²) in [6.07, 6.45) is 23.4. The summed E-state index contributed by atoms with van der Waals surface area (Å²) in [5, 5.41) is 0. The van der Waals surface area contributed by atoms with E-state index >= 15 is 0 Å². The second-order valence-corrected chi connectivity index (χ2v) is 12.5. The molecular formula is C22H47O3PS2. The van der Waals surface area contributed by atoms with Crippen molar-refractivity contribution in [3.63, 3.8) is 0 Å². The fraction of sp³-hybridized carbons (Fsp3) is 1.00. The molecule has 0 fully saturated rings. The Morgan fingerprint density at radius 3 is 1.21 bits per heavy atom. The van der Waals surface area contributed by atoms with Gasteiger partial charge in [-0.2, -0.15) is 0 Å². The van der Waals surface area contributed by atoms with Crippen LogP contribution in [0.15, 0.2) is 0 Å². The molecule has 0 heterocycles. The fourth-order valence-electron chi connectivity index (χ4n) is 3.31. The molecule has 0 atom stereocenters. The highest BCUT2D eigenvalue weighted by atomic mass is 33.1. The van der Waals surface area contributed by atoms with Gasteiger partial charge in [0.2, 0.25) is 0 Å². The summed E-state index contributed by atoms with van der Waals surface area (Å²) in [6, 6.07) is 0. The van der Waals surface area contributed by atoms with Gasteiger partial charge in [-0.25, -0.2) is 0 Å². The minimum atomic E-state index is -3.77. The summed E-state index contributed by atoms with van der Waals surface area (Å²) in [7, 11) is 0.350. The molecule has 0 aromatic heterocycles. The molecule has 0 unspecified atom stereocenters. The molecule has 0 saturated heterocycles. The maximum Gasteiger partial charge on any atom is 0.325 e. The van der Waals surface area contributed by atoms with Crippen LogP contribution in [0, 0.1) is 0 Å². The average molecular weight is 455 g/mol. The second kappa shape index (κ2) is 22.5. The monoisotopic (exact) mass is 454 g/mol. The SMILES string of the molecule is CCCCCCCCCCCCSSCCCCCCCCCCP(=O)(O)O. The molecule has 0 aromatic carbocycles. The summed E-state index contributed by atoms with van der Waals surface area (Å²) in [4.78, 5) is 17.6. The van der Waals surface area contributed by atoms with E-state index in [9.17, 15) is 4.57 Å². The molecular weight excluding hydrogens is 407 g/mol. The predicted molar refractivity (Wildman–Crippen MR) is 131 cm³/mol. The number of hydrogen-bond acceptors (Lipinski definition) is 3. The molecule has 170 valence electrons. The van der Waals surface area contributed by atoms with E-state index in [1.54, 1.807) is 0 Å². The van der Waals surface area contributed by atoms with Crippen LogP contribution in [-0.4, -0.2) is 27.5 Å². The van der Waals surface area contributed by atoms with Gasteiger partial charge < -0.3 is 9.79 Å². The number of unbranched alkanes of at least 4 members (excludes halogenated alkanes) is 16. The van der Waals surface area contributed by atoms with Gasteiger partial charge >= 0.3 is 7.60 Å². The molecule has 28 heavy (non-hydrogen) atoms. The molecule has 0 bridgehead atoms. The van der Waals surface area contributed by atoms with Crippen LogP contribution in [-0.2, 0) is 4.57 Å². The van der Waals surface area contributed by atoms with Gasteiger partial charge in [0.05, 0.1) is 0 Å². The highest BCUT2D eigenvalue weighted by Crippen LogP contribution is 2.35. The quantitative estimate of drug-likeness (QED) is 0.0919. The first-order valence-electron chi connectivity index (χ1n) is 11.8. The van der Waals surface area contributed by atoms with E-state index in [0.717, 1.165) is 12.8 Å². The maximum atomic E-state index is 10.7. The summed E-state index contributed by atoms with van der Waals surface area (Å²) in [6.45, 7) is 2.28. The zero-order chi connectivity index (χ0) is 20.8. The highest BCUT2D eigenvalue weighted by Gasteiger charge is 2.10. The van der Waals surface area contributed by atoms with Crippen LogP contribution in [0.5, 0.6) is 0 Å². The smallest absolute Gasteiger partial charge is 0.324 e. The van der Waals surface area contributed by atoms with E-state index in [1.165, 1.54) is 108 Å². The van der Waals surface area contributed by atoms with Crippen LogP contribution < -0.4 is 0 Å². The second-order valence-electron chi connectivity index (χ2n) is 8.04. The lowest BCUT2D eigenvalue weighted by Gasteiger charge is -2.04. The Balaban J connectivity index is 3.02. The molecule has 2 N–H and O–H groups in total. The summed E-state index contributed by atoms with van der Waals surface area (Å²) in [5.41, 5.74) is 0. The topological polar surface area (TPSA) is 57.5 Å². The van der Waals surface area contributed by atoms with Gasteiger partial charge in [0, 0.05) is 17.7 Å². The van der Waals surface area contributed by atoms with E-state index in [2.05, 4.69) is 28.5 Å². The maximum absolute atomic E-state index is 10.7. The van der Waals surface area contributed by atoms with Crippen LogP contribution in [0.2, 0.25) is 0 Å². The van der Waals surface area contributed by atoms with Gasteiger partial charge in [0.25, 0.3) is 0 Å². The first-order chi connectivity index (χ1) is 13.6. The van der Waals surface area contributed by atoms with Gasteiger partial charge in [0.1, 0.15) is 0 Å². The third-order valence-electron chi connectivity index (χ3n) is 5.09. The Morgan fingerprint density at radius 1 is 0.536 bits per heavy atom. The Morgan fingerprint density at radius 2 is 0.857 bits per heavy atom. The Kier molecular flexibility index (Phi) is 23.2. The van der Waals surface area contributed by atoms with Crippen LogP contribution in [0.3, 0.4) is 0 Å². The lowest BCUT2D eigenvalue weighted by molar-refractivity contribution is 0.370. The van der Waals surface area contributed by atoms with Gasteiger partial charge in [0.15, 0.2) is 0 Å². The van der Waals surface area contributed by atoms with E-state index in [0.29, 0.717) is 6.42 Å². The van der Waals surface area contributed by atoms with Crippen molar-refractivity contribution in [3.8, 4) is 0 Å². The molecule has 0 radical (unpaired) electrons. The van der Waals surface area contributed by atoms with Crippen molar-refractivity contribution in [2.75, 3.05) is 17.7 Å². The van der Waals surface area contributed by atoms with Gasteiger partial charge in [-0.3, -0.25) is 4.57 Å². The van der Waals surface area contributed by atoms with E-state index in [1.807, 2.05) is 0 Å². The largest absolute Gasteiger partial charge is 0.325 e. The summed E-state index contributed by atoms with van der Waals surface area (Å²) < 4.78 is 10.7. The molecule has 0 rings (SSSR count). The third kappa shape index (κ3) is 26.9. The average Bonchev–Trinajstić information content (AvgIpc) is 2.65. The summed E-state index contributed by atoms with van der Waals surface area (Å²) in [5.74, 6) is 2.60. The lowest BCUT2D eigenvalue weighted by Crippen LogP contribution is -1.88. The molecule has 0 spiro atoms. The van der Waals surface area contributed by atoms with Crippen molar-refractivity contribution in [2.45, 2.75) is 122 Å². The molecule has 3 nitrogen and oxygen atoms in total. The van der Waals surface area contributed by atoms with E-state index in [-0.39, 0.29) is 6.16 Å². The predicted octanol–water partition coefficient (Wildman–Crippen LogP) is 8.59. The minimum Gasteiger partial charge on any atom is -0.324 e. The Labute approximate surface area is 183 Å². The number of hydrogen-bond donors (Lipinski definition) is 2. The zero-order valence-corrected chi connectivity index (χ0v) is 20.9. The molecule has 0 aliphatic heterocycles.